The predicted molar refractivity (Wildman–Crippen MR) is 99.0 cm³/mol. The van der Waals surface area contributed by atoms with Gasteiger partial charge in [-0.05, 0) is 32.0 Å². The molecular weight excluding hydrogens is 354 g/mol. The number of aromatic hydroxyl groups is 1. The zero-order valence-electron chi connectivity index (χ0n) is 17.7. The second-order valence-electron chi connectivity index (χ2n) is 6.61. The maximum Gasteiger partial charge on any atom is 0.263 e. The maximum atomic E-state index is 12.9. The van der Waals surface area contributed by atoms with Crippen LogP contribution in [-0.2, 0) is 4.74 Å². The number of benzene rings is 1. The van der Waals surface area contributed by atoms with E-state index in [-0.39, 0.29) is 23.4 Å². The zero-order chi connectivity index (χ0) is 22.1. The molecule has 0 atom stereocenters. The van der Waals surface area contributed by atoms with E-state index in [1.165, 1.54) is 24.5 Å². The Hall–Kier alpha value is -2.87. The molecule has 0 bridgehead atoms. The van der Waals surface area contributed by atoms with Gasteiger partial charge in [-0.3, -0.25) is 4.98 Å². The van der Waals surface area contributed by atoms with Crippen molar-refractivity contribution in [2.24, 2.45) is 0 Å². The Morgan fingerprint density at radius 3 is 2.78 bits per heavy atom. The van der Waals surface area contributed by atoms with Crippen LogP contribution in [0, 0.1) is 0 Å². The Labute approximate surface area is 159 Å². The highest BCUT2D eigenvalue weighted by atomic mass is 19.3. The quantitative estimate of drug-likeness (QED) is 0.671. The number of fused-ring (bicyclic) bond motifs is 1. The lowest BCUT2D eigenvalue weighted by Gasteiger charge is -2.23. The van der Waals surface area contributed by atoms with E-state index in [0.717, 1.165) is 6.07 Å². The number of anilines is 1. The van der Waals surface area contributed by atoms with Crippen LogP contribution in [0.4, 0.5) is 14.6 Å². The van der Waals surface area contributed by atoms with Crippen molar-refractivity contribution in [2.75, 3.05) is 18.9 Å². The van der Waals surface area contributed by atoms with Crippen molar-refractivity contribution in [3.05, 3.63) is 42.2 Å². The Morgan fingerprint density at radius 2 is 2.07 bits per heavy atom. The van der Waals surface area contributed by atoms with E-state index in [1.807, 2.05) is 0 Å². The summed E-state index contributed by atoms with van der Waals surface area (Å²) in [6, 6.07) is 5.24. The van der Waals surface area contributed by atoms with Gasteiger partial charge in [-0.15, -0.1) is 10.2 Å². The Balaban J connectivity index is 1.96. The lowest BCUT2D eigenvalue weighted by Crippen LogP contribution is -2.32. The summed E-state index contributed by atoms with van der Waals surface area (Å²) in [4.78, 5) is 4.08. The topological polar surface area (TPSA) is 80.2 Å². The van der Waals surface area contributed by atoms with E-state index in [2.05, 4.69) is 20.5 Å². The predicted octanol–water partition coefficient (Wildman–Crippen LogP) is 4.17. The fourth-order valence-electron chi connectivity index (χ4n) is 2.54. The van der Waals surface area contributed by atoms with Crippen LogP contribution in [-0.4, -0.2) is 39.5 Å². The second-order valence-corrected chi connectivity index (χ2v) is 6.61. The molecule has 27 heavy (non-hydrogen) atoms. The molecule has 2 N–H and O–H groups in total. The van der Waals surface area contributed by atoms with Crippen LogP contribution < -0.4 is 5.32 Å². The number of methoxy groups -OCH3 is 1. The van der Waals surface area contributed by atoms with Crippen LogP contribution in [0.2, 0.25) is 0 Å². The molecular formula is C19H20F2N4O2. The molecule has 0 spiro atoms. The van der Waals surface area contributed by atoms with Gasteiger partial charge in [0.2, 0.25) is 0 Å². The smallest absolute Gasteiger partial charge is 0.263 e. The van der Waals surface area contributed by atoms with Crippen LogP contribution >= 0.6 is 0 Å². The number of phenolic OH excluding ortho intramolecular Hbond substituents is 1. The fourth-order valence-corrected chi connectivity index (χ4v) is 2.54. The van der Waals surface area contributed by atoms with Crippen molar-refractivity contribution < 1.29 is 22.7 Å². The number of alkyl halides is 2. The third-order valence-electron chi connectivity index (χ3n) is 4.07. The molecule has 2 heterocycles. The van der Waals surface area contributed by atoms with E-state index in [1.54, 1.807) is 19.9 Å². The highest BCUT2D eigenvalue weighted by Gasteiger charge is 2.19. The number of phenols is 1. The molecule has 0 saturated heterocycles. The molecule has 0 radical (unpaired) electrons. The van der Waals surface area contributed by atoms with Gasteiger partial charge in [0.1, 0.15) is 11.4 Å². The summed E-state index contributed by atoms with van der Waals surface area (Å²) in [5.74, 6) is 0.000823. The molecule has 0 aliphatic rings. The van der Waals surface area contributed by atoms with Crippen molar-refractivity contribution in [2.45, 2.75) is 25.9 Å². The van der Waals surface area contributed by atoms with Crippen molar-refractivity contribution in [1.82, 2.24) is 15.2 Å². The van der Waals surface area contributed by atoms with Crippen LogP contribution in [0.3, 0.4) is 0 Å². The monoisotopic (exact) mass is 377 g/mol. The van der Waals surface area contributed by atoms with Gasteiger partial charge in [-0.1, -0.05) is 6.07 Å². The number of nitrogens with one attached hydrogen (secondary N) is 1. The average Bonchev–Trinajstić information content (AvgIpc) is 2.64. The first-order valence-corrected chi connectivity index (χ1v) is 8.13. The summed E-state index contributed by atoms with van der Waals surface area (Å²) in [6.07, 6.45) is 0.366. The third-order valence-corrected chi connectivity index (χ3v) is 4.07. The normalized spacial score (nSPS) is 14.0. The summed E-state index contributed by atoms with van der Waals surface area (Å²) in [6.45, 7) is 3.37. The average molecular weight is 377 g/mol. The van der Waals surface area contributed by atoms with E-state index >= 15 is 0 Å². The first-order valence-electron chi connectivity index (χ1n) is 9.63. The van der Waals surface area contributed by atoms with Crippen LogP contribution in [0.1, 0.15) is 29.9 Å². The largest absolute Gasteiger partial charge is 0.507 e. The number of halogens is 2. The zero-order valence-corrected chi connectivity index (χ0v) is 14.7. The molecule has 0 aliphatic heterocycles. The van der Waals surface area contributed by atoms with Gasteiger partial charge in [0.15, 0.2) is 5.82 Å². The fraction of sp³-hybridized carbons (Fsp3) is 0.316. The third kappa shape index (κ3) is 3.95. The van der Waals surface area contributed by atoms with Crippen LogP contribution in [0.5, 0.6) is 5.75 Å². The minimum Gasteiger partial charge on any atom is -0.507 e. The van der Waals surface area contributed by atoms with Gasteiger partial charge in [-0.25, -0.2) is 8.78 Å². The SMILES string of the molecule is [2H]C([2H])([2H])OC(C)(C)CNc1nnc(-c2ccc(C(F)F)cc2O)c2ccncc12. The standard InChI is InChI=1S/C19H20F2N4O2/c1-19(2,27-3)10-23-18-14-9-22-7-6-12(14)16(24-25-18)13-5-4-11(17(20)21)8-15(13)26/h4-9,17,26H,10H2,1-3H3,(H,23,25)/i3D3. The van der Waals surface area contributed by atoms with Gasteiger partial charge in [0, 0.05) is 47.9 Å². The summed E-state index contributed by atoms with van der Waals surface area (Å²) in [5.41, 5.74) is -0.774. The molecule has 6 nitrogen and oxygen atoms in total. The summed E-state index contributed by atoms with van der Waals surface area (Å²) in [7, 11) is -2.55. The lowest BCUT2D eigenvalue weighted by molar-refractivity contribution is 0.0343. The molecule has 0 aliphatic carbocycles. The first kappa shape index (κ1) is 15.2. The van der Waals surface area contributed by atoms with Crippen molar-refractivity contribution >= 4 is 16.6 Å². The van der Waals surface area contributed by atoms with E-state index in [0.29, 0.717) is 22.3 Å². The summed E-state index contributed by atoms with van der Waals surface area (Å²) >= 11 is 0. The minimum atomic E-state index is -2.70. The lowest BCUT2D eigenvalue weighted by atomic mass is 10.0. The highest BCUT2D eigenvalue weighted by molar-refractivity contribution is 6.00. The molecule has 1 aromatic carbocycles. The Bertz CT molecular complexity index is 1060. The van der Waals surface area contributed by atoms with E-state index < -0.39 is 19.1 Å². The number of aromatic nitrogens is 3. The molecule has 0 unspecified atom stereocenters. The second kappa shape index (κ2) is 7.40. The summed E-state index contributed by atoms with van der Waals surface area (Å²) in [5, 5.41) is 22.7. The molecule has 142 valence electrons. The van der Waals surface area contributed by atoms with Gasteiger partial charge in [0.05, 0.1) is 9.71 Å². The van der Waals surface area contributed by atoms with Gasteiger partial charge >= 0.3 is 0 Å². The summed E-state index contributed by atoms with van der Waals surface area (Å²) < 4.78 is 52.6. The molecule has 0 amide bonds. The molecule has 3 aromatic rings. The molecule has 3 rings (SSSR count). The first-order chi connectivity index (χ1) is 14.0. The Kier molecular flexibility index (Phi) is 4.17. The maximum absolute atomic E-state index is 12.9. The van der Waals surface area contributed by atoms with Gasteiger partial charge < -0.3 is 15.2 Å². The Morgan fingerprint density at radius 1 is 1.26 bits per heavy atom. The minimum absolute atomic E-state index is 0.123. The number of nitrogens with zero attached hydrogens (tertiary/aromatic N) is 3. The number of hydrogen-bond acceptors (Lipinski definition) is 6. The number of hydrogen-bond donors (Lipinski definition) is 2. The van der Waals surface area contributed by atoms with Crippen LogP contribution in [0.25, 0.3) is 22.0 Å². The van der Waals surface area contributed by atoms with E-state index in [9.17, 15) is 13.9 Å². The van der Waals surface area contributed by atoms with E-state index in [4.69, 9.17) is 8.85 Å². The molecule has 0 fully saturated rings. The van der Waals surface area contributed by atoms with Crippen molar-refractivity contribution in [3.63, 3.8) is 0 Å². The molecule has 8 heteroatoms. The molecule has 2 aromatic heterocycles. The highest BCUT2D eigenvalue weighted by Crippen LogP contribution is 2.36. The van der Waals surface area contributed by atoms with Gasteiger partial charge in [0.25, 0.3) is 6.43 Å². The van der Waals surface area contributed by atoms with Gasteiger partial charge in [-0.2, -0.15) is 0 Å². The van der Waals surface area contributed by atoms with Crippen LogP contribution in [0.15, 0.2) is 36.7 Å². The number of pyridine rings is 1. The molecule has 0 saturated carbocycles. The van der Waals surface area contributed by atoms with Crippen molar-refractivity contribution in [3.8, 4) is 17.0 Å². The number of rotatable bonds is 6. The number of ether oxygens (including phenoxy) is 1. The van der Waals surface area contributed by atoms with Crippen molar-refractivity contribution in [1.29, 1.82) is 0 Å².